The van der Waals surface area contributed by atoms with Crippen LogP contribution < -0.4 is 5.73 Å². The van der Waals surface area contributed by atoms with Gasteiger partial charge in [0.25, 0.3) is 5.91 Å². The number of nitrogens with two attached hydrogens (primary N) is 1. The van der Waals surface area contributed by atoms with Crippen molar-refractivity contribution in [2.45, 2.75) is 16.7 Å². The monoisotopic (exact) mass is 273 g/mol. The van der Waals surface area contributed by atoms with Crippen molar-refractivity contribution in [1.82, 2.24) is 0 Å². The zero-order chi connectivity index (χ0) is 11.1. The molecule has 78 valence electrons. The Hall–Kier alpha value is -0.470. The molecule has 9 heteroatoms. The third kappa shape index (κ3) is 1.89. The second-order valence-electron chi connectivity index (χ2n) is 2.02. The van der Waals surface area contributed by atoms with E-state index in [9.17, 15) is 31.1 Å². The van der Waals surface area contributed by atoms with Gasteiger partial charge < -0.3 is 5.73 Å². The molecule has 1 unspecified atom stereocenters. The minimum atomic E-state index is -6.08. The summed E-state index contributed by atoms with van der Waals surface area (Å²) < 4.78 is 71.6. The van der Waals surface area contributed by atoms with E-state index in [-0.39, 0.29) is 0 Å². The van der Waals surface area contributed by atoms with Crippen molar-refractivity contribution in [1.29, 1.82) is 0 Å². The van der Waals surface area contributed by atoms with E-state index in [4.69, 9.17) is 0 Å². The SMILES string of the molecule is NC(=O)C(F)(C(F)(F)F)C(F)(F)Br. The first kappa shape index (κ1) is 12.5. The van der Waals surface area contributed by atoms with E-state index >= 15 is 0 Å². The second-order valence-corrected chi connectivity index (χ2v) is 3.01. The highest BCUT2D eigenvalue weighted by atomic mass is 79.9. The van der Waals surface area contributed by atoms with Gasteiger partial charge >= 0.3 is 16.7 Å². The van der Waals surface area contributed by atoms with Crippen molar-refractivity contribution >= 4 is 21.8 Å². The molecule has 0 aromatic rings. The van der Waals surface area contributed by atoms with Gasteiger partial charge in [-0.05, 0) is 15.9 Å². The molecule has 0 aromatic carbocycles. The van der Waals surface area contributed by atoms with Crippen LogP contribution in [0.1, 0.15) is 0 Å². The van der Waals surface area contributed by atoms with Gasteiger partial charge in [-0.1, -0.05) is 0 Å². The lowest BCUT2D eigenvalue weighted by Gasteiger charge is -2.28. The van der Waals surface area contributed by atoms with Crippen LogP contribution in [0.2, 0.25) is 0 Å². The van der Waals surface area contributed by atoms with Gasteiger partial charge in [0.15, 0.2) is 0 Å². The van der Waals surface area contributed by atoms with Crippen molar-refractivity contribution < 1.29 is 31.1 Å². The molecule has 0 rings (SSSR count). The molecule has 2 nitrogen and oxygen atoms in total. The van der Waals surface area contributed by atoms with E-state index in [0.29, 0.717) is 0 Å². The average molecular weight is 274 g/mol. The van der Waals surface area contributed by atoms with Crippen molar-refractivity contribution in [2.75, 3.05) is 0 Å². The third-order valence-electron chi connectivity index (χ3n) is 1.12. The van der Waals surface area contributed by atoms with Gasteiger partial charge in [0.2, 0.25) is 0 Å². The first-order chi connectivity index (χ1) is 5.44. The summed E-state index contributed by atoms with van der Waals surface area (Å²) in [6, 6.07) is 0. The number of carbonyl (C=O) groups excluding carboxylic acids is 1. The molecule has 0 aliphatic rings. The third-order valence-corrected chi connectivity index (χ3v) is 1.67. The Morgan fingerprint density at radius 2 is 1.38 bits per heavy atom. The van der Waals surface area contributed by atoms with Crippen LogP contribution in [-0.2, 0) is 4.79 Å². The molecular weight excluding hydrogens is 272 g/mol. The Morgan fingerprint density at radius 1 is 1.08 bits per heavy atom. The molecule has 0 heterocycles. The van der Waals surface area contributed by atoms with Crippen LogP contribution >= 0.6 is 15.9 Å². The van der Waals surface area contributed by atoms with Crippen molar-refractivity contribution in [3.8, 4) is 0 Å². The fraction of sp³-hybridized carbons (Fsp3) is 0.750. The predicted octanol–water partition coefficient (Wildman–Crippen LogP) is 1.73. The Balaban J connectivity index is 5.35. The Bertz CT molecular complexity index is 206. The van der Waals surface area contributed by atoms with Crippen molar-refractivity contribution in [2.24, 2.45) is 5.73 Å². The average Bonchev–Trinajstić information content (AvgIpc) is 1.80. The lowest BCUT2D eigenvalue weighted by molar-refractivity contribution is -0.263. The van der Waals surface area contributed by atoms with E-state index in [1.807, 2.05) is 0 Å². The van der Waals surface area contributed by atoms with E-state index in [1.165, 1.54) is 0 Å². The molecular formula is C4H2BrF6NO. The summed E-state index contributed by atoms with van der Waals surface area (Å²) in [5.41, 5.74) is -1.50. The standard InChI is InChI=1S/C4H2BrF6NO/c5-3(7,8)2(6,1(12)13)4(9,10)11/h(H2,12,13). The minimum absolute atomic E-state index is 1.11. The maximum atomic E-state index is 12.5. The Labute approximate surface area is 76.2 Å². The van der Waals surface area contributed by atoms with E-state index < -0.39 is 22.6 Å². The quantitative estimate of drug-likeness (QED) is 0.604. The first-order valence-corrected chi connectivity index (χ1v) is 3.36. The topological polar surface area (TPSA) is 43.1 Å². The van der Waals surface area contributed by atoms with Gasteiger partial charge in [-0.25, -0.2) is 4.39 Å². The summed E-state index contributed by atoms with van der Waals surface area (Å²) in [7, 11) is 0. The molecule has 0 bridgehead atoms. The molecule has 0 aliphatic heterocycles. The number of hydrogen-bond donors (Lipinski definition) is 1. The highest BCUT2D eigenvalue weighted by molar-refractivity contribution is 9.10. The summed E-state index contributed by atoms with van der Waals surface area (Å²) in [5.74, 6) is -2.80. The molecule has 0 aliphatic carbocycles. The normalized spacial score (nSPS) is 18.1. The number of carbonyl (C=O) groups is 1. The molecule has 0 radical (unpaired) electrons. The number of hydrogen-bond acceptors (Lipinski definition) is 1. The van der Waals surface area contributed by atoms with Gasteiger partial charge in [-0.15, -0.1) is 0 Å². The van der Waals surface area contributed by atoms with Crippen LogP contribution in [0.4, 0.5) is 26.3 Å². The van der Waals surface area contributed by atoms with Crippen LogP contribution in [0, 0.1) is 0 Å². The van der Waals surface area contributed by atoms with Crippen molar-refractivity contribution in [3.05, 3.63) is 0 Å². The number of primary amides is 1. The number of amides is 1. The highest BCUT2D eigenvalue weighted by Gasteiger charge is 2.74. The van der Waals surface area contributed by atoms with Gasteiger partial charge in [0.05, 0.1) is 0 Å². The zero-order valence-corrected chi connectivity index (χ0v) is 7.22. The van der Waals surface area contributed by atoms with Gasteiger partial charge in [-0.3, -0.25) is 4.79 Å². The molecule has 0 fully saturated rings. The lowest BCUT2D eigenvalue weighted by Crippen LogP contribution is -2.60. The van der Waals surface area contributed by atoms with Gasteiger partial charge in [-0.2, -0.15) is 22.0 Å². The van der Waals surface area contributed by atoms with E-state index in [0.717, 1.165) is 15.9 Å². The van der Waals surface area contributed by atoms with Crippen LogP contribution in [0.5, 0.6) is 0 Å². The molecule has 0 aromatic heterocycles. The summed E-state index contributed by atoms with van der Waals surface area (Å²) >= 11 is 1.11. The van der Waals surface area contributed by atoms with Crippen LogP contribution in [0.15, 0.2) is 0 Å². The molecule has 13 heavy (non-hydrogen) atoms. The number of alkyl halides is 7. The van der Waals surface area contributed by atoms with Crippen LogP contribution in [0.3, 0.4) is 0 Å². The molecule has 0 saturated heterocycles. The van der Waals surface area contributed by atoms with E-state index in [2.05, 4.69) is 5.73 Å². The predicted molar refractivity (Wildman–Crippen MR) is 33.0 cm³/mol. The molecule has 1 amide bonds. The van der Waals surface area contributed by atoms with Crippen LogP contribution in [0.25, 0.3) is 0 Å². The highest BCUT2D eigenvalue weighted by Crippen LogP contribution is 2.48. The largest absolute Gasteiger partial charge is 0.438 e. The summed E-state index contributed by atoms with van der Waals surface area (Å²) in [5, 5.41) is 0. The molecule has 0 spiro atoms. The lowest BCUT2D eigenvalue weighted by atomic mass is 10.1. The maximum Gasteiger partial charge on any atom is 0.438 e. The molecule has 2 N–H and O–H groups in total. The zero-order valence-electron chi connectivity index (χ0n) is 5.63. The maximum absolute atomic E-state index is 12.5. The minimum Gasteiger partial charge on any atom is -0.366 e. The smallest absolute Gasteiger partial charge is 0.366 e. The molecule has 1 atom stereocenters. The van der Waals surface area contributed by atoms with Gasteiger partial charge in [0, 0.05) is 0 Å². The second kappa shape index (κ2) is 3.03. The van der Waals surface area contributed by atoms with Crippen molar-refractivity contribution in [3.63, 3.8) is 0 Å². The first-order valence-electron chi connectivity index (χ1n) is 2.57. The summed E-state index contributed by atoms with van der Waals surface area (Å²) in [6.07, 6.45) is -6.08. The summed E-state index contributed by atoms with van der Waals surface area (Å²) in [4.78, 5) is 4.84. The van der Waals surface area contributed by atoms with Crippen LogP contribution in [-0.4, -0.2) is 22.6 Å². The van der Waals surface area contributed by atoms with E-state index in [1.54, 1.807) is 0 Å². The number of rotatable bonds is 2. The Morgan fingerprint density at radius 3 is 1.38 bits per heavy atom. The summed E-state index contributed by atoms with van der Waals surface area (Å²) in [6.45, 7) is 0. The Kier molecular flexibility index (Phi) is 2.92. The number of halogens is 7. The van der Waals surface area contributed by atoms with Gasteiger partial charge in [0.1, 0.15) is 0 Å². The molecule has 0 saturated carbocycles. The fourth-order valence-corrected chi connectivity index (χ4v) is 0.860. The fourth-order valence-electron chi connectivity index (χ4n) is 0.440.